The van der Waals surface area contributed by atoms with Gasteiger partial charge in [-0.1, -0.05) is 12.1 Å². The van der Waals surface area contributed by atoms with Crippen LogP contribution in [0, 0.1) is 0 Å². The van der Waals surface area contributed by atoms with Gasteiger partial charge in [-0.25, -0.2) is 8.42 Å². The molecule has 0 saturated carbocycles. The van der Waals surface area contributed by atoms with Gasteiger partial charge in [0.05, 0.1) is 36.8 Å². The van der Waals surface area contributed by atoms with E-state index in [1.807, 2.05) is 0 Å². The van der Waals surface area contributed by atoms with Crippen LogP contribution in [0.5, 0.6) is 28.7 Å². The predicted octanol–water partition coefficient (Wildman–Crippen LogP) is 4.63. The van der Waals surface area contributed by atoms with Crippen LogP contribution in [0.1, 0.15) is 5.56 Å². The minimum absolute atomic E-state index is 0.0254. The molecule has 1 fully saturated rings. The van der Waals surface area contributed by atoms with Crippen LogP contribution in [-0.4, -0.2) is 40.9 Å². The van der Waals surface area contributed by atoms with Gasteiger partial charge < -0.3 is 18.9 Å². The molecule has 0 unspecified atom stereocenters. The topological polar surface area (TPSA) is 129 Å². The highest BCUT2D eigenvalue weighted by Gasteiger charge is 2.25. The minimum atomic E-state index is -3.92. The first kappa shape index (κ1) is 25.9. The standard InChI is InChI=1S/C25H22N2O8S2/c1-32-20-13-16(14-21(33-2)23(20)34-3)27-37(30,31)19-10-8-18(9-11-19)35-17-6-4-15(5-7-17)12-22-24(28)26-25(29)36-22/h4-14,27H,1-3H3,(H,26,28,29)/b22-12+. The summed E-state index contributed by atoms with van der Waals surface area (Å²) in [5.41, 5.74) is 0.960. The SMILES string of the molecule is COc1cc(NS(=O)(=O)c2ccc(Oc3ccc(/C=C4/SC(=O)NC4=O)cc3)cc2)cc(OC)c1OC. The first-order valence-corrected chi connectivity index (χ1v) is 13.0. The molecule has 4 rings (SSSR count). The van der Waals surface area contributed by atoms with Gasteiger partial charge in [-0.05, 0) is 59.8 Å². The highest BCUT2D eigenvalue weighted by molar-refractivity contribution is 8.18. The zero-order chi connectivity index (χ0) is 26.6. The van der Waals surface area contributed by atoms with Gasteiger partial charge in [0.25, 0.3) is 21.2 Å². The van der Waals surface area contributed by atoms with Crippen molar-refractivity contribution in [3.63, 3.8) is 0 Å². The van der Waals surface area contributed by atoms with Crippen molar-refractivity contribution in [2.24, 2.45) is 0 Å². The molecule has 10 nitrogen and oxygen atoms in total. The largest absolute Gasteiger partial charge is 0.493 e. The number of hydrogen-bond acceptors (Lipinski definition) is 9. The van der Waals surface area contributed by atoms with E-state index >= 15 is 0 Å². The Kier molecular flexibility index (Phi) is 7.60. The number of carbonyl (C=O) groups is 2. The Morgan fingerprint density at radius 3 is 1.89 bits per heavy atom. The summed E-state index contributed by atoms with van der Waals surface area (Å²) in [5.74, 6) is 1.47. The van der Waals surface area contributed by atoms with Crippen molar-refractivity contribution in [3.05, 3.63) is 71.1 Å². The van der Waals surface area contributed by atoms with Crippen molar-refractivity contribution in [1.82, 2.24) is 5.32 Å². The fourth-order valence-electron chi connectivity index (χ4n) is 3.38. The van der Waals surface area contributed by atoms with Crippen molar-refractivity contribution in [3.8, 4) is 28.7 Å². The summed E-state index contributed by atoms with van der Waals surface area (Å²) < 4.78 is 50.0. The lowest BCUT2D eigenvalue weighted by atomic mass is 10.2. The third-order valence-corrected chi connectivity index (χ3v) is 7.31. The lowest BCUT2D eigenvalue weighted by Crippen LogP contribution is -2.17. The van der Waals surface area contributed by atoms with E-state index in [1.54, 1.807) is 30.3 Å². The summed E-state index contributed by atoms with van der Waals surface area (Å²) in [7, 11) is 0.414. The lowest BCUT2D eigenvalue weighted by molar-refractivity contribution is -0.115. The Labute approximate surface area is 217 Å². The Bertz CT molecular complexity index is 1440. The Hall–Kier alpha value is -4.16. The van der Waals surface area contributed by atoms with E-state index in [-0.39, 0.29) is 10.6 Å². The van der Waals surface area contributed by atoms with E-state index < -0.39 is 21.2 Å². The highest BCUT2D eigenvalue weighted by atomic mass is 32.2. The number of benzene rings is 3. The highest BCUT2D eigenvalue weighted by Crippen LogP contribution is 2.40. The van der Waals surface area contributed by atoms with Crippen LogP contribution in [0.2, 0.25) is 0 Å². The fourth-order valence-corrected chi connectivity index (χ4v) is 5.10. The molecule has 1 aliphatic heterocycles. The molecule has 37 heavy (non-hydrogen) atoms. The maximum absolute atomic E-state index is 12.9. The van der Waals surface area contributed by atoms with Crippen molar-refractivity contribution in [2.75, 3.05) is 26.1 Å². The molecule has 3 aromatic rings. The maximum Gasteiger partial charge on any atom is 0.290 e. The number of thioether (sulfide) groups is 1. The molecule has 0 atom stereocenters. The molecule has 0 radical (unpaired) electrons. The molecular formula is C25H22N2O8S2. The van der Waals surface area contributed by atoms with Crippen LogP contribution in [0.25, 0.3) is 6.08 Å². The number of methoxy groups -OCH3 is 3. The molecule has 0 bridgehead atoms. The molecular weight excluding hydrogens is 520 g/mol. The van der Waals surface area contributed by atoms with Crippen LogP contribution in [0.4, 0.5) is 10.5 Å². The van der Waals surface area contributed by atoms with Crippen molar-refractivity contribution in [1.29, 1.82) is 0 Å². The number of rotatable bonds is 9. The van der Waals surface area contributed by atoms with Gasteiger partial charge in [0.15, 0.2) is 11.5 Å². The smallest absolute Gasteiger partial charge is 0.290 e. The average Bonchev–Trinajstić information content (AvgIpc) is 3.20. The van der Waals surface area contributed by atoms with Gasteiger partial charge in [-0.2, -0.15) is 0 Å². The first-order chi connectivity index (χ1) is 17.7. The van der Waals surface area contributed by atoms with Gasteiger partial charge in [0.1, 0.15) is 11.5 Å². The second-order valence-electron chi connectivity index (χ2n) is 7.51. The fraction of sp³-hybridized carbons (Fsp3) is 0.120. The van der Waals surface area contributed by atoms with E-state index in [1.165, 1.54) is 57.7 Å². The van der Waals surface area contributed by atoms with Gasteiger partial charge in [-0.3, -0.25) is 19.6 Å². The number of anilines is 1. The molecule has 2 amide bonds. The normalized spacial score (nSPS) is 14.3. The van der Waals surface area contributed by atoms with Gasteiger partial charge in [0.2, 0.25) is 5.75 Å². The molecule has 192 valence electrons. The van der Waals surface area contributed by atoms with Gasteiger partial charge >= 0.3 is 0 Å². The minimum Gasteiger partial charge on any atom is -0.493 e. The lowest BCUT2D eigenvalue weighted by Gasteiger charge is -2.15. The van der Waals surface area contributed by atoms with Crippen molar-refractivity contribution >= 4 is 44.7 Å². The Morgan fingerprint density at radius 1 is 0.838 bits per heavy atom. The maximum atomic E-state index is 12.9. The molecule has 0 spiro atoms. The third-order valence-electron chi connectivity index (χ3n) is 5.11. The second kappa shape index (κ2) is 10.8. The van der Waals surface area contributed by atoms with E-state index in [0.29, 0.717) is 33.7 Å². The van der Waals surface area contributed by atoms with Crippen molar-refractivity contribution in [2.45, 2.75) is 4.90 Å². The molecule has 0 aliphatic carbocycles. The summed E-state index contributed by atoms with van der Waals surface area (Å²) in [6, 6.07) is 15.7. The van der Waals surface area contributed by atoms with E-state index in [0.717, 1.165) is 17.3 Å². The molecule has 1 saturated heterocycles. The average molecular weight is 543 g/mol. The number of carbonyl (C=O) groups excluding carboxylic acids is 2. The van der Waals surface area contributed by atoms with Gasteiger partial charge in [-0.15, -0.1) is 0 Å². The molecule has 3 aromatic carbocycles. The number of ether oxygens (including phenoxy) is 4. The summed E-state index contributed by atoms with van der Waals surface area (Å²) >= 11 is 0.842. The number of hydrogen-bond donors (Lipinski definition) is 2. The Morgan fingerprint density at radius 2 is 1.41 bits per heavy atom. The van der Waals surface area contributed by atoms with Crippen LogP contribution < -0.4 is 29.0 Å². The zero-order valence-electron chi connectivity index (χ0n) is 19.9. The van der Waals surface area contributed by atoms with Crippen LogP contribution in [0.3, 0.4) is 0 Å². The summed E-state index contributed by atoms with van der Waals surface area (Å²) in [5, 5.41) is 1.80. The first-order valence-electron chi connectivity index (χ1n) is 10.7. The van der Waals surface area contributed by atoms with E-state index in [9.17, 15) is 18.0 Å². The zero-order valence-corrected chi connectivity index (χ0v) is 21.6. The molecule has 1 aliphatic rings. The van der Waals surface area contributed by atoms with Crippen molar-refractivity contribution < 1.29 is 37.0 Å². The van der Waals surface area contributed by atoms with Crippen LogP contribution in [-0.2, 0) is 14.8 Å². The quantitative estimate of drug-likeness (QED) is 0.372. The third kappa shape index (κ3) is 5.98. The molecule has 1 heterocycles. The number of imide groups is 1. The van der Waals surface area contributed by atoms with Crippen LogP contribution in [0.15, 0.2) is 70.5 Å². The molecule has 2 N–H and O–H groups in total. The summed E-state index contributed by atoms with van der Waals surface area (Å²) in [6.45, 7) is 0. The second-order valence-corrected chi connectivity index (χ2v) is 10.2. The molecule has 0 aromatic heterocycles. The van der Waals surface area contributed by atoms with Crippen LogP contribution >= 0.6 is 11.8 Å². The number of amides is 2. The molecule has 12 heteroatoms. The Balaban J connectivity index is 1.45. The summed E-state index contributed by atoms with van der Waals surface area (Å²) in [4.78, 5) is 23.3. The summed E-state index contributed by atoms with van der Waals surface area (Å²) in [6.07, 6.45) is 1.61. The monoisotopic (exact) mass is 542 g/mol. The van der Waals surface area contributed by atoms with Gasteiger partial charge in [0, 0.05) is 12.1 Å². The number of sulfonamides is 1. The number of nitrogens with one attached hydrogen (secondary N) is 2. The van der Waals surface area contributed by atoms with E-state index in [4.69, 9.17) is 18.9 Å². The predicted molar refractivity (Wildman–Crippen MR) is 139 cm³/mol. The van der Waals surface area contributed by atoms with E-state index in [2.05, 4.69) is 10.0 Å².